The van der Waals surface area contributed by atoms with E-state index in [9.17, 15) is 29.3 Å². The Hall–Kier alpha value is -3.76. The van der Waals surface area contributed by atoms with Gasteiger partial charge in [0.1, 0.15) is 12.3 Å². The second-order valence-electron chi connectivity index (χ2n) is 5.24. The highest BCUT2D eigenvalue weighted by atomic mass is 16.6. The number of benzene rings is 1. The van der Waals surface area contributed by atoms with Gasteiger partial charge in [0.2, 0.25) is 17.7 Å². The van der Waals surface area contributed by atoms with Gasteiger partial charge in [-0.15, -0.1) is 0 Å². The van der Waals surface area contributed by atoms with Crippen LogP contribution in [0.1, 0.15) is 6.92 Å². The number of rotatable bonds is 9. The molecule has 0 saturated carbocycles. The van der Waals surface area contributed by atoms with E-state index in [0.29, 0.717) is 0 Å². The molecule has 11 heteroatoms. The van der Waals surface area contributed by atoms with E-state index in [1.54, 1.807) is 0 Å². The maximum absolute atomic E-state index is 11.6. The number of non-ortho nitro benzene ring substituents is 1. The van der Waals surface area contributed by atoms with Crippen LogP contribution in [0.2, 0.25) is 0 Å². The molecule has 0 saturated heterocycles. The van der Waals surface area contributed by atoms with Crippen molar-refractivity contribution in [2.45, 2.75) is 6.92 Å². The molecule has 11 nitrogen and oxygen atoms in total. The normalized spacial score (nSPS) is 9.67. The highest BCUT2D eigenvalue weighted by Gasteiger charge is 2.11. The summed E-state index contributed by atoms with van der Waals surface area (Å²) in [5, 5.41) is 17.3. The van der Waals surface area contributed by atoms with Gasteiger partial charge in [-0.2, -0.15) is 0 Å². The quantitative estimate of drug-likeness (QED) is 0.171. The maximum atomic E-state index is 11.6. The Morgan fingerprint density at radius 3 is 2.04 bits per heavy atom. The average molecular weight is 378 g/mol. The summed E-state index contributed by atoms with van der Waals surface area (Å²) < 4.78 is 4.89. The van der Waals surface area contributed by atoms with Gasteiger partial charge in [-0.25, -0.2) is 4.79 Å². The zero-order valence-electron chi connectivity index (χ0n) is 14.4. The van der Waals surface area contributed by atoms with Crippen molar-refractivity contribution in [3.63, 3.8) is 0 Å². The molecule has 3 N–H and O–H groups in total. The van der Waals surface area contributed by atoms with E-state index in [1.165, 1.54) is 31.2 Å². The Bertz CT molecular complexity index is 759. The van der Waals surface area contributed by atoms with Gasteiger partial charge in [-0.1, -0.05) is 6.58 Å². The van der Waals surface area contributed by atoms with Crippen molar-refractivity contribution in [1.29, 1.82) is 0 Å². The fourth-order valence-electron chi connectivity index (χ4n) is 1.59. The molecule has 1 rings (SSSR count). The standard InChI is InChI=1S/C16H18N4O7/c1-10(2)16(24)19-8-14(22)17-7-13(21)18-9-15(23)27-12-5-3-11(4-6-12)20(25)26/h3-6H,1,7-9H2,2H3,(H,17,22)(H,18,21)(H,19,24). The monoisotopic (exact) mass is 378 g/mol. The van der Waals surface area contributed by atoms with Gasteiger partial charge in [0.15, 0.2) is 0 Å². The number of ether oxygens (including phenoxy) is 1. The SMILES string of the molecule is C=C(C)C(=O)NCC(=O)NCC(=O)NCC(=O)Oc1ccc([N+](=O)[O-])cc1. The summed E-state index contributed by atoms with van der Waals surface area (Å²) in [6.45, 7) is 3.72. The molecule has 0 aromatic heterocycles. The summed E-state index contributed by atoms with van der Waals surface area (Å²) in [5.74, 6) is -2.43. The number of carbonyl (C=O) groups excluding carboxylic acids is 4. The van der Waals surface area contributed by atoms with Gasteiger partial charge in [-0.05, 0) is 19.1 Å². The van der Waals surface area contributed by atoms with Crippen LogP contribution in [0.5, 0.6) is 5.75 Å². The fourth-order valence-corrected chi connectivity index (χ4v) is 1.59. The molecule has 0 atom stereocenters. The van der Waals surface area contributed by atoms with Crippen molar-refractivity contribution < 1.29 is 28.8 Å². The van der Waals surface area contributed by atoms with Crippen molar-refractivity contribution >= 4 is 29.4 Å². The van der Waals surface area contributed by atoms with E-state index in [0.717, 1.165) is 0 Å². The Kier molecular flexibility index (Phi) is 8.10. The van der Waals surface area contributed by atoms with E-state index in [1.807, 2.05) is 0 Å². The average Bonchev–Trinajstić information content (AvgIpc) is 2.62. The van der Waals surface area contributed by atoms with E-state index in [2.05, 4.69) is 22.5 Å². The molecule has 1 aromatic rings. The van der Waals surface area contributed by atoms with Crippen LogP contribution in [0.4, 0.5) is 5.69 Å². The van der Waals surface area contributed by atoms with Gasteiger partial charge < -0.3 is 20.7 Å². The number of nitro benzene ring substituents is 1. The summed E-state index contributed by atoms with van der Waals surface area (Å²) in [4.78, 5) is 55.8. The molecule has 0 unspecified atom stereocenters. The second kappa shape index (κ2) is 10.3. The lowest BCUT2D eigenvalue weighted by atomic mass is 10.3. The summed E-state index contributed by atoms with van der Waals surface area (Å²) in [7, 11) is 0. The number of nitrogens with one attached hydrogen (secondary N) is 3. The molecular weight excluding hydrogens is 360 g/mol. The first-order valence-corrected chi connectivity index (χ1v) is 7.61. The minimum atomic E-state index is -0.794. The minimum absolute atomic E-state index is 0.0846. The number of hydrogen-bond donors (Lipinski definition) is 3. The lowest BCUT2D eigenvalue weighted by Gasteiger charge is -2.08. The van der Waals surface area contributed by atoms with E-state index in [4.69, 9.17) is 4.74 Å². The van der Waals surface area contributed by atoms with Crippen LogP contribution in [0.15, 0.2) is 36.4 Å². The number of carbonyl (C=O) groups is 4. The number of amides is 3. The molecule has 144 valence electrons. The molecule has 0 fully saturated rings. The lowest BCUT2D eigenvalue weighted by Crippen LogP contribution is -2.43. The third-order valence-electron chi connectivity index (χ3n) is 2.95. The molecular formula is C16H18N4O7. The molecule has 0 bridgehead atoms. The summed E-state index contributed by atoms with van der Waals surface area (Å²) >= 11 is 0. The number of hydrogen-bond acceptors (Lipinski definition) is 7. The Balaban J connectivity index is 2.28. The lowest BCUT2D eigenvalue weighted by molar-refractivity contribution is -0.384. The van der Waals surface area contributed by atoms with Crippen LogP contribution >= 0.6 is 0 Å². The van der Waals surface area contributed by atoms with Gasteiger partial charge in [-0.3, -0.25) is 24.5 Å². The zero-order valence-corrected chi connectivity index (χ0v) is 14.4. The highest BCUT2D eigenvalue weighted by molar-refractivity contribution is 5.95. The third-order valence-corrected chi connectivity index (χ3v) is 2.95. The highest BCUT2D eigenvalue weighted by Crippen LogP contribution is 2.17. The predicted molar refractivity (Wildman–Crippen MR) is 92.6 cm³/mol. The van der Waals surface area contributed by atoms with E-state index < -0.39 is 41.7 Å². The van der Waals surface area contributed by atoms with Gasteiger partial charge in [0.05, 0.1) is 18.0 Å². The van der Waals surface area contributed by atoms with Gasteiger partial charge >= 0.3 is 5.97 Å². The molecule has 3 amide bonds. The first-order chi connectivity index (χ1) is 12.7. The Labute approximate surface area is 153 Å². The van der Waals surface area contributed by atoms with Crippen molar-refractivity contribution in [1.82, 2.24) is 16.0 Å². The second-order valence-corrected chi connectivity index (χ2v) is 5.24. The van der Waals surface area contributed by atoms with Crippen LogP contribution in [-0.4, -0.2) is 48.2 Å². The molecule has 0 aliphatic carbocycles. The largest absolute Gasteiger partial charge is 0.425 e. The molecule has 0 aliphatic rings. The zero-order chi connectivity index (χ0) is 20.4. The smallest absolute Gasteiger partial charge is 0.330 e. The van der Waals surface area contributed by atoms with Crippen molar-refractivity contribution in [2.24, 2.45) is 0 Å². The van der Waals surface area contributed by atoms with Crippen molar-refractivity contribution in [3.05, 3.63) is 46.5 Å². The van der Waals surface area contributed by atoms with Gasteiger partial charge in [0.25, 0.3) is 5.69 Å². The van der Waals surface area contributed by atoms with Crippen LogP contribution in [0, 0.1) is 10.1 Å². The molecule has 27 heavy (non-hydrogen) atoms. The van der Waals surface area contributed by atoms with Crippen LogP contribution in [0.25, 0.3) is 0 Å². The number of nitro groups is 1. The Morgan fingerprint density at radius 2 is 1.52 bits per heavy atom. The van der Waals surface area contributed by atoms with Crippen LogP contribution in [0.3, 0.4) is 0 Å². The predicted octanol–water partition coefficient (Wildman–Crippen LogP) is -0.575. The van der Waals surface area contributed by atoms with Crippen molar-refractivity contribution in [3.8, 4) is 5.75 Å². The molecule has 0 heterocycles. The third kappa shape index (κ3) is 8.25. The molecule has 0 spiro atoms. The van der Waals surface area contributed by atoms with E-state index >= 15 is 0 Å². The molecule has 1 aromatic carbocycles. The maximum Gasteiger partial charge on any atom is 0.330 e. The molecule has 0 radical (unpaired) electrons. The Morgan fingerprint density at radius 1 is 1.00 bits per heavy atom. The summed E-state index contributed by atoms with van der Waals surface area (Å²) in [6.07, 6.45) is 0. The number of nitrogens with zero attached hydrogens (tertiary/aromatic N) is 1. The summed E-state index contributed by atoms with van der Waals surface area (Å²) in [5.41, 5.74) is 0.0883. The molecule has 0 aliphatic heterocycles. The summed E-state index contributed by atoms with van der Waals surface area (Å²) in [6, 6.07) is 4.83. The topological polar surface area (TPSA) is 157 Å². The first-order valence-electron chi connectivity index (χ1n) is 7.61. The van der Waals surface area contributed by atoms with Crippen LogP contribution in [-0.2, 0) is 19.2 Å². The van der Waals surface area contributed by atoms with Gasteiger partial charge in [0, 0.05) is 17.7 Å². The number of esters is 1. The van der Waals surface area contributed by atoms with E-state index in [-0.39, 0.29) is 23.6 Å². The minimum Gasteiger partial charge on any atom is -0.425 e. The fraction of sp³-hybridized carbons (Fsp3) is 0.250. The van der Waals surface area contributed by atoms with Crippen molar-refractivity contribution in [2.75, 3.05) is 19.6 Å². The first kappa shape index (κ1) is 21.3. The van der Waals surface area contributed by atoms with Crippen LogP contribution < -0.4 is 20.7 Å².